The van der Waals surface area contributed by atoms with E-state index < -0.39 is 0 Å². The Labute approximate surface area is 144 Å². The molecule has 20 heavy (non-hydrogen) atoms. The van der Waals surface area contributed by atoms with Gasteiger partial charge >= 0.3 is 18.9 Å². The SMILES string of the molecule is [Al].[H-].[Li+].c1ccc2c(c1)ccc1c3c(ccc12)CCCC3. The maximum atomic E-state index is 2.35. The summed E-state index contributed by atoms with van der Waals surface area (Å²) in [5.41, 5.74) is 3.17. The number of hydrogen-bond acceptors (Lipinski definition) is 0. The normalized spacial score (nSPS) is 13.4. The zero-order chi connectivity index (χ0) is 11.9. The molecule has 3 radical (unpaired) electrons. The van der Waals surface area contributed by atoms with E-state index in [9.17, 15) is 0 Å². The van der Waals surface area contributed by atoms with E-state index in [1.165, 1.54) is 47.2 Å². The smallest absolute Gasteiger partial charge is 1.00 e. The van der Waals surface area contributed by atoms with E-state index in [-0.39, 0.29) is 37.6 Å². The molecule has 0 saturated carbocycles. The van der Waals surface area contributed by atoms with Crippen molar-refractivity contribution >= 4 is 38.9 Å². The minimum Gasteiger partial charge on any atom is -1.00 e. The van der Waals surface area contributed by atoms with Crippen molar-refractivity contribution in [2.75, 3.05) is 0 Å². The molecule has 0 amide bonds. The Morgan fingerprint density at radius 1 is 0.700 bits per heavy atom. The average molecular weight is 267 g/mol. The Balaban J connectivity index is 0.000000735. The van der Waals surface area contributed by atoms with Crippen LogP contribution in [0.5, 0.6) is 0 Å². The predicted molar refractivity (Wildman–Crippen MR) is 85.0 cm³/mol. The molecule has 1 aliphatic carbocycles. The summed E-state index contributed by atoms with van der Waals surface area (Å²) in [6.45, 7) is 0. The van der Waals surface area contributed by atoms with Crippen LogP contribution >= 0.6 is 0 Å². The summed E-state index contributed by atoms with van der Waals surface area (Å²) in [6, 6.07) is 18.0. The average Bonchev–Trinajstić information content (AvgIpc) is 2.46. The van der Waals surface area contributed by atoms with Gasteiger partial charge in [-0.1, -0.05) is 48.5 Å². The van der Waals surface area contributed by atoms with Crippen LogP contribution in [0, 0.1) is 0 Å². The molecule has 0 aliphatic heterocycles. The third kappa shape index (κ3) is 2.45. The number of fused-ring (bicyclic) bond motifs is 5. The summed E-state index contributed by atoms with van der Waals surface area (Å²) in [6.07, 6.45) is 5.22. The van der Waals surface area contributed by atoms with Gasteiger partial charge in [0.2, 0.25) is 0 Å². The Bertz CT molecular complexity index is 755. The Morgan fingerprint density at radius 3 is 2.35 bits per heavy atom. The van der Waals surface area contributed by atoms with Crippen LogP contribution in [0.25, 0.3) is 21.5 Å². The van der Waals surface area contributed by atoms with Crippen LogP contribution in [-0.4, -0.2) is 17.4 Å². The zero-order valence-corrected chi connectivity index (χ0v) is 13.2. The first-order valence-electron chi connectivity index (χ1n) is 6.86. The molecule has 0 bridgehead atoms. The van der Waals surface area contributed by atoms with E-state index >= 15 is 0 Å². The molecule has 0 heterocycles. The summed E-state index contributed by atoms with van der Waals surface area (Å²) in [4.78, 5) is 0. The van der Waals surface area contributed by atoms with Crippen LogP contribution in [0.3, 0.4) is 0 Å². The Morgan fingerprint density at radius 2 is 1.45 bits per heavy atom. The van der Waals surface area contributed by atoms with Crippen molar-refractivity contribution in [3.63, 3.8) is 0 Å². The number of rotatable bonds is 0. The van der Waals surface area contributed by atoms with Gasteiger partial charge in [-0.15, -0.1) is 0 Å². The molecule has 0 N–H and O–H groups in total. The Kier molecular flexibility index (Phi) is 5.01. The molecular weight excluding hydrogens is 250 g/mol. The molecule has 0 atom stereocenters. The maximum absolute atomic E-state index is 2.35. The molecule has 0 unspecified atom stereocenters. The molecular formula is C18H17AlLi. The molecule has 93 valence electrons. The molecule has 0 nitrogen and oxygen atoms in total. The van der Waals surface area contributed by atoms with E-state index in [1.807, 2.05) is 0 Å². The van der Waals surface area contributed by atoms with Crippen LogP contribution in [-0.2, 0) is 12.8 Å². The van der Waals surface area contributed by atoms with Crippen LogP contribution in [0.4, 0.5) is 0 Å². The van der Waals surface area contributed by atoms with Crippen molar-refractivity contribution in [3.05, 3.63) is 59.7 Å². The van der Waals surface area contributed by atoms with Crippen molar-refractivity contribution < 1.29 is 20.3 Å². The molecule has 0 saturated heterocycles. The van der Waals surface area contributed by atoms with Crippen molar-refractivity contribution in [2.24, 2.45) is 0 Å². The summed E-state index contributed by atoms with van der Waals surface area (Å²) in [5, 5.41) is 5.64. The molecule has 0 spiro atoms. The van der Waals surface area contributed by atoms with Crippen molar-refractivity contribution in [3.8, 4) is 0 Å². The fourth-order valence-electron chi connectivity index (χ4n) is 3.34. The van der Waals surface area contributed by atoms with Gasteiger partial charge in [0, 0.05) is 17.4 Å². The van der Waals surface area contributed by atoms with Gasteiger partial charge < -0.3 is 1.43 Å². The van der Waals surface area contributed by atoms with Gasteiger partial charge in [0.05, 0.1) is 0 Å². The van der Waals surface area contributed by atoms with Gasteiger partial charge in [0.15, 0.2) is 0 Å². The van der Waals surface area contributed by atoms with E-state index in [2.05, 4.69) is 48.5 Å². The first-order valence-corrected chi connectivity index (χ1v) is 6.86. The predicted octanol–water partition coefficient (Wildman–Crippen LogP) is 1.61. The summed E-state index contributed by atoms with van der Waals surface area (Å²) in [7, 11) is 0. The van der Waals surface area contributed by atoms with Gasteiger partial charge in [-0.2, -0.15) is 0 Å². The monoisotopic (exact) mass is 267 g/mol. The Hall–Kier alpha value is -0.690. The third-order valence-electron chi connectivity index (χ3n) is 4.26. The second kappa shape index (κ2) is 6.39. The minimum absolute atomic E-state index is 0. The fraction of sp³-hybridized carbons (Fsp3) is 0.222. The van der Waals surface area contributed by atoms with Crippen molar-refractivity contribution in [1.29, 1.82) is 0 Å². The molecule has 2 heteroatoms. The van der Waals surface area contributed by atoms with Crippen LogP contribution in [0.15, 0.2) is 48.5 Å². The van der Waals surface area contributed by atoms with E-state index in [4.69, 9.17) is 0 Å². The standard InChI is InChI=1S/C18H16.Al.Li.H/c1-3-7-15-13(5-1)9-11-18-16-8-4-2-6-14(16)10-12-17(15)18;;;/h1,3,5,7,9-12H,2,4,6,8H2;;;/q;;+1;-1. The van der Waals surface area contributed by atoms with E-state index in [1.54, 1.807) is 11.1 Å². The van der Waals surface area contributed by atoms with E-state index in [0.717, 1.165) is 0 Å². The molecule has 3 aromatic rings. The fourth-order valence-corrected chi connectivity index (χ4v) is 3.34. The molecule has 1 aliphatic rings. The van der Waals surface area contributed by atoms with E-state index in [0.29, 0.717) is 0 Å². The first-order chi connectivity index (χ1) is 8.93. The van der Waals surface area contributed by atoms with Gasteiger partial charge in [-0.05, 0) is 58.4 Å². The second-order valence-electron chi connectivity index (χ2n) is 5.29. The molecule has 0 aromatic heterocycles. The summed E-state index contributed by atoms with van der Waals surface area (Å²) in [5.74, 6) is 0. The molecule has 4 rings (SSSR count). The van der Waals surface area contributed by atoms with Gasteiger partial charge in [-0.25, -0.2) is 0 Å². The quantitative estimate of drug-likeness (QED) is 0.429. The van der Waals surface area contributed by atoms with Crippen molar-refractivity contribution in [1.82, 2.24) is 0 Å². The molecule has 3 aromatic carbocycles. The van der Waals surface area contributed by atoms with Gasteiger partial charge in [-0.3, -0.25) is 0 Å². The number of aryl methyl sites for hydroxylation is 2. The first kappa shape index (κ1) is 15.7. The minimum atomic E-state index is 0. The topological polar surface area (TPSA) is 0 Å². The maximum Gasteiger partial charge on any atom is 1.00 e. The van der Waals surface area contributed by atoms with Gasteiger partial charge in [0.25, 0.3) is 0 Å². The van der Waals surface area contributed by atoms with Crippen LogP contribution in [0.1, 0.15) is 25.4 Å². The molecule has 0 fully saturated rings. The van der Waals surface area contributed by atoms with Crippen LogP contribution in [0.2, 0.25) is 0 Å². The largest absolute Gasteiger partial charge is 1.00 e. The summed E-state index contributed by atoms with van der Waals surface area (Å²) < 4.78 is 0. The second-order valence-corrected chi connectivity index (χ2v) is 5.29. The zero-order valence-electron chi connectivity index (χ0n) is 13.0. The van der Waals surface area contributed by atoms with Gasteiger partial charge in [0.1, 0.15) is 0 Å². The third-order valence-corrected chi connectivity index (χ3v) is 4.26. The number of benzene rings is 3. The van der Waals surface area contributed by atoms with Crippen molar-refractivity contribution in [2.45, 2.75) is 25.7 Å². The van der Waals surface area contributed by atoms with Crippen LogP contribution < -0.4 is 18.9 Å². The summed E-state index contributed by atoms with van der Waals surface area (Å²) >= 11 is 0. The number of hydrogen-bond donors (Lipinski definition) is 0.